The van der Waals surface area contributed by atoms with Crippen LogP contribution in [0.5, 0.6) is 11.5 Å². The van der Waals surface area contributed by atoms with Gasteiger partial charge in [-0.15, -0.1) is 0 Å². The number of piperidine rings is 1. The van der Waals surface area contributed by atoms with Crippen LogP contribution >= 0.6 is 0 Å². The quantitative estimate of drug-likeness (QED) is 0.696. The van der Waals surface area contributed by atoms with Crippen molar-refractivity contribution in [1.82, 2.24) is 10.2 Å². The minimum atomic E-state index is -0.872. The van der Waals surface area contributed by atoms with Crippen LogP contribution in [-0.4, -0.2) is 46.8 Å². The molecule has 3 N–H and O–H groups in total. The van der Waals surface area contributed by atoms with Gasteiger partial charge in [-0.1, -0.05) is 25.8 Å². The van der Waals surface area contributed by atoms with Crippen molar-refractivity contribution in [3.05, 3.63) is 23.8 Å². The van der Waals surface area contributed by atoms with Gasteiger partial charge in [-0.3, -0.25) is 4.79 Å². The lowest BCUT2D eigenvalue weighted by Crippen LogP contribution is -2.52. The maximum absolute atomic E-state index is 12.8. The molecular formula is C22H32N2O5. The van der Waals surface area contributed by atoms with Crippen LogP contribution in [-0.2, 0) is 11.3 Å². The Bertz CT molecular complexity index is 738. The van der Waals surface area contributed by atoms with Crippen molar-refractivity contribution in [2.24, 2.45) is 17.8 Å². The molecule has 1 saturated carbocycles. The molecule has 7 nitrogen and oxygen atoms in total. The molecule has 0 radical (unpaired) electrons. The first-order chi connectivity index (χ1) is 13.9. The summed E-state index contributed by atoms with van der Waals surface area (Å²) < 4.78 is 5.11. The highest BCUT2D eigenvalue weighted by Crippen LogP contribution is 2.38. The molecule has 0 spiro atoms. The maximum atomic E-state index is 12.8. The molecule has 2 amide bonds. The zero-order valence-electron chi connectivity index (χ0n) is 17.3. The van der Waals surface area contributed by atoms with Crippen LogP contribution in [0.3, 0.4) is 0 Å². The second kappa shape index (κ2) is 9.37. The molecule has 4 atom stereocenters. The van der Waals surface area contributed by atoms with Crippen molar-refractivity contribution < 1.29 is 24.5 Å². The van der Waals surface area contributed by atoms with Gasteiger partial charge in [0.2, 0.25) is 5.91 Å². The lowest BCUT2D eigenvalue weighted by molar-refractivity contribution is -0.127. The van der Waals surface area contributed by atoms with Gasteiger partial charge in [0, 0.05) is 25.0 Å². The zero-order valence-corrected chi connectivity index (χ0v) is 17.3. The number of phenols is 1. The number of nitrogens with one attached hydrogen (secondary N) is 1. The summed E-state index contributed by atoms with van der Waals surface area (Å²) >= 11 is 0. The molecule has 3 rings (SSSR count). The fourth-order valence-corrected chi connectivity index (χ4v) is 4.92. The van der Waals surface area contributed by atoms with Crippen LogP contribution in [0, 0.1) is 17.8 Å². The molecule has 1 heterocycles. The highest BCUT2D eigenvalue weighted by atomic mass is 16.5. The Balaban J connectivity index is 1.62. The maximum Gasteiger partial charge on any atom is 0.407 e. The van der Waals surface area contributed by atoms with E-state index < -0.39 is 6.09 Å². The lowest BCUT2D eigenvalue weighted by atomic mass is 9.74. The third-order valence-electron chi connectivity index (χ3n) is 6.49. The number of amides is 2. The minimum absolute atomic E-state index is 0.0315. The Labute approximate surface area is 172 Å². The number of hydrogen-bond acceptors (Lipinski definition) is 4. The SMILES string of the molecule is COc1cc(CNC(=O)C2CCN(C(=O)O)C(C3CCCC(C)C3)C2)ccc1O. The van der Waals surface area contributed by atoms with Crippen molar-refractivity contribution in [3.63, 3.8) is 0 Å². The molecule has 2 fully saturated rings. The van der Waals surface area contributed by atoms with E-state index in [9.17, 15) is 19.8 Å². The van der Waals surface area contributed by atoms with E-state index in [-0.39, 0.29) is 23.6 Å². The fraction of sp³-hybridized carbons (Fsp3) is 0.636. The molecule has 2 aliphatic rings. The van der Waals surface area contributed by atoms with Crippen molar-refractivity contribution in [3.8, 4) is 11.5 Å². The van der Waals surface area contributed by atoms with Crippen LogP contribution in [0.15, 0.2) is 18.2 Å². The van der Waals surface area contributed by atoms with Crippen LogP contribution in [0.1, 0.15) is 51.0 Å². The second-order valence-electron chi connectivity index (χ2n) is 8.52. The normalized spacial score (nSPS) is 27.3. The van der Waals surface area contributed by atoms with Crippen LogP contribution in [0.25, 0.3) is 0 Å². The predicted molar refractivity (Wildman–Crippen MR) is 109 cm³/mol. The van der Waals surface area contributed by atoms with Crippen molar-refractivity contribution >= 4 is 12.0 Å². The third-order valence-corrected chi connectivity index (χ3v) is 6.49. The number of likely N-dealkylation sites (tertiary alicyclic amines) is 1. The molecular weight excluding hydrogens is 372 g/mol. The van der Waals surface area contributed by atoms with Gasteiger partial charge >= 0.3 is 6.09 Å². The first-order valence-electron chi connectivity index (χ1n) is 10.5. The standard InChI is InChI=1S/C22H32N2O5/c1-14-4-3-5-16(10-14)18-12-17(8-9-24(18)22(27)28)21(26)23-13-15-6-7-19(25)20(11-15)29-2/h6-7,11,14,16-18,25H,3-5,8-10,12-13H2,1-2H3,(H,23,26)(H,27,28). The van der Waals surface area contributed by atoms with E-state index in [4.69, 9.17) is 4.74 Å². The topological polar surface area (TPSA) is 99.1 Å². The average Bonchev–Trinajstić information content (AvgIpc) is 2.72. The van der Waals surface area contributed by atoms with Gasteiger partial charge < -0.3 is 25.2 Å². The van der Waals surface area contributed by atoms with E-state index in [0.717, 1.165) is 24.8 Å². The lowest BCUT2D eigenvalue weighted by Gasteiger charge is -2.43. The Morgan fingerprint density at radius 1 is 1.24 bits per heavy atom. The van der Waals surface area contributed by atoms with E-state index in [1.165, 1.54) is 13.5 Å². The van der Waals surface area contributed by atoms with Crippen LogP contribution < -0.4 is 10.1 Å². The number of phenolic OH excluding ortho intramolecular Hbond substituents is 1. The summed E-state index contributed by atoms with van der Waals surface area (Å²) in [7, 11) is 1.49. The van der Waals surface area contributed by atoms with Gasteiger partial charge in [0.15, 0.2) is 11.5 Å². The second-order valence-corrected chi connectivity index (χ2v) is 8.52. The number of rotatable bonds is 5. The number of ether oxygens (including phenoxy) is 1. The van der Waals surface area contributed by atoms with Gasteiger partial charge in [-0.05, 0) is 55.2 Å². The molecule has 1 aliphatic carbocycles. The monoisotopic (exact) mass is 404 g/mol. The first kappa shape index (κ1) is 21.3. The molecule has 4 unspecified atom stereocenters. The fourth-order valence-electron chi connectivity index (χ4n) is 4.92. The summed E-state index contributed by atoms with van der Waals surface area (Å²) in [5, 5.41) is 22.3. The number of benzene rings is 1. The molecule has 0 bridgehead atoms. The molecule has 0 aromatic heterocycles. The van der Waals surface area contributed by atoms with E-state index in [2.05, 4.69) is 12.2 Å². The molecule has 1 saturated heterocycles. The minimum Gasteiger partial charge on any atom is -0.504 e. The van der Waals surface area contributed by atoms with Crippen molar-refractivity contribution in [2.45, 2.75) is 58.0 Å². The summed E-state index contributed by atoms with van der Waals surface area (Å²) in [6.07, 6.45) is 4.69. The summed E-state index contributed by atoms with van der Waals surface area (Å²) in [6, 6.07) is 4.92. The largest absolute Gasteiger partial charge is 0.504 e. The smallest absolute Gasteiger partial charge is 0.407 e. The number of carboxylic acid groups (broad SMARTS) is 1. The van der Waals surface area contributed by atoms with E-state index >= 15 is 0 Å². The van der Waals surface area contributed by atoms with Crippen molar-refractivity contribution in [1.29, 1.82) is 0 Å². The van der Waals surface area contributed by atoms with Gasteiger partial charge in [-0.2, -0.15) is 0 Å². The molecule has 29 heavy (non-hydrogen) atoms. The number of nitrogens with zero attached hydrogens (tertiary/aromatic N) is 1. The summed E-state index contributed by atoms with van der Waals surface area (Å²) in [5.41, 5.74) is 0.841. The predicted octanol–water partition coefficient (Wildman–Crippen LogP) is 3.60. The number of methoxy groups -OCH3 is 1. The molecule has 1 aromatic carbocycles. The Morgan fingerprint density at radius 2 is 2.03 bits per heavy atom. The summed E-state index contributed by atoms with van der Waals surface area (Å²) in [5.74, 6) is 1.18. The average molecular weight is 405 g/mol. The van der Waals surface area contributed by atoms with Gasteiger partial charge in [0.05, 0.1) is 7.11 Å². The zero-order chi connectivity index (χ0) is 21.0. The number of hydrogen-bond donors (Lipinski definition) is 3. The van der Waals surface area contributed by atoms with E-state index in [0.29, 0.717) is 43.5 Å². The highest BCUT2D eigenvalue weighted by Gasteiger charge is 2.39. The van der Waals surface area contributed by atoms with Gasteiger partial charge in [-0.25, -0.2) is 4.79 Å². The number of carbonyl (C=O) groups excluding carboxylic acids is 1. The van der Waals surface area contributed by atoms with Crippen molar-refractivity contribution in [2.75, 3.05) is 13.7 Å². The molecule has 1 aromatic rings. The Kier molecular flexibility index (Phi) is 6.87. The third kappa shape index (κ3) is 5.14. The molecule has 160 valence electrons. The van der Waals surface area contributed by atoms with E-state index in [1.54, 1.807) is 23.1 Å². The number of aromatic hydroxyl groups is 1. The molecule has 1 aliphatic heterocycles. The van der Waals surface area contributed by atoms with E-state index in [1.807, 2.05) is 0 Å². The van der Waals surface area contributed by atoms with Gasteiger partial charge in [0.25, 0.3) is 0 Å². The number of carbonyl (C=O) groups is 2. The van der Waals surface area contributed by atoms with Crippen LogP contribution in [0.2, 0.25) is 0 Å². The summed E-state index contributed by atoms with van der Waals surface area (Å²) in [6.45, 7) is 2.99. The molecule has 7 heteroatoms. The van der Waals surface area contributed by atoms with Crippen LogP contribution in [0.4, 0.5) is 4.79 Å². The summed E-state index contributed by atoms with van der Waals surface area (Å²) in [4.78, 5) is 26.1. The highest BCUT2D eigenvalue weighted by molar-refractivity contribution is 5.79. The first-order valence-corrected chi connectivity index (χ1v) is 10.5. The Hall–Kier alpha value is -2.44. The van der Waals surface area contributed by atoms with Gasteiger partial charge in [0.1, 0.15) is 0 Å². The Morgan fingerprint density at radius 3 is 2.72 bits per heavy atom.